The van der Waals surface area contributed by atoms with Gasteiger partial charge in [0.1, 0.15) is 0 Å². The Kier molecular flexibility index (Phi) is 6.39. The number of nitrogens with zero attached hydrogens (tertiary/aromatic N) is 1. The molecule has 0 saturated heterocycles. The minimum absolute atomic E-state index is 0.113. The molecule has 0 bridgehead atoms. The quantitative estimate of drug-likeness (QED) is 0.524. The van der Waals surface area contributed by atoms with Crippen LogP contribution < -0.4 is 5.32 Å². The summed E-state index contributed by atoms with van der Waals surface area (Å²) in [6, 6.07) is 16.0. The van der Waals surface area contributed by atoms with E-state index in [0.717, 1.165) is 11.1 Å². The number of benzene rings is 2. The molecule has 0 atom stereocenters. The zero-order chi connectivity index (χ0) is 19.4. The Morgan fingerprint density at radius 3 is 2.67 bits per heavy atom. The van der Waals surface area contributed by atoms with Crippen LogP contribution in [0.2, 0.25) is 10.0 Å². The predicted molar refractivity (Wildman–Crippen MR) is 112 cm³/mol. The second-order valence-corrected chi connectivity index (χ2v) is 7.07. The molecule has 2 aromatic carbocycles. The van der Waals surface area contributed by atoms with Gasteiger partial charge in [0.25, 0.3) is 5.91 Å². The Balaban J connectivity index is 2.01. The van der Waals surface area contributed by atoms with E-state index in [1.165, 1.54) is 0 Å². The SMILES string of the molecule is O=C(NCCO)c1cccc(-c2nc(-c3ccc(Cl)cc3Cl)ccc2S)c1. The maximum absolute atomic E-state index is 12.1. The van der Waals surface area contributed by atoms with Gasteiger partial charge in [-0.2, -0.15) is 0 Å². The van der Waals surface area contributed by atoms with Crippen molar-refractivity contribution in [3.05, 3.63) is 70.2 Å². The molecule has 4 nitrogen and oxygen atoms in total. The van der Waals surface area contributed by atoms with Crippen LogP contribution in [0.3, 0.4) is 0 Å². The first-order valence-electron chi connectivity index (χ1n) is 8.14. The molecule has 0 aliphatic heterocycles. The number of rotatable bonds is 5. The lowest BCUT2D eigenvalue weighted by Crippen LogP contribution is -2.26. The summed E-state index contributed by atoms with van der Waals surface area (Å²) in [7, 11) is 0. The van der Waals surface area contributed by atoms with Crippen LogP contribution in [0.5, 0.6) is 0 Å². The molecule has 1 heterocycles. The Hall–Kier alpha value is -2.05. The lowest BCUT2D eigenvalue weighted by Gasteiger charge is -2.11. The number of aromatic nitrogens is 1. The van der Waals surface area contributed by atoms with Gasteiger partial charge in [-0.1, -0.05) is 35.3 Å². The fourth-order valence-corrected chi connectivity index (χ4v) is 3.35. The highest BCUT2D eigenvalue weighted by molar-refractivity contribution is 7.80. The molecule has 138 valence electrons. The summed E-state index contributed by atoms with van der Waals surface area (Å²) in [5, 5.41) is 12.5. The van der Waals surface area contributed by atoms with Crippen molar-refractivity contribution in [1.82, 2.24) is 10.3 Å². The number of carbonyl (C=O) groups excluding carboxylic acids is 1. The Labute approximate surface area is 172 Å². The lowest BCUT2D eigenvalue weighted by molar-refractivity contribution is 0.0945. The molecule has 0 spiro atoms. The maximum Gasteiger partial charge on any atom is 0.251 e. The first-order valence-corrected chi connectivity index (χ1v) is 9.35. The summed E-state index contributed by atoms with van der Waals surface area (Å²) in [4.78, 5) is 17.5. The van der Waals surface area contributed by atoms with Crippen molar-refractivity contribution in [2.45, 2.75) is 4.90 Å². The van der Waals surface area contributed by atoms with E-state index in [4.69, 9.17) is 33.3 Å². The summed E-state index contributed by atoms with van der Waals surface area (Å²) >= 11 is 16.8. The molecule has 0 radical (unpaired) electrons. The number of pyridine rings is 1. The van der Waals surface area contributed by atoms with Crippen molar-refractivity contribution < 1.29 is 9.90 Å². The van der Waals surface area contributed by atoms with Gasteiger partial charge in [0.05, 0.1) is 23.0 Å². The summed E-state index contributed by atoms with van der Waals surface area (Å²) in [5.41, 5.74) is 3.31. The smallest absolute Gasteiger partial charge is 0.251 e. The molecule has 27 heavy (non-hydrogen) atoms. The van der Waals surface area contributed by atoms with Crippen molar-refractivity contribution >= 4 is 41.7 Å². The highest BCUT2D eigenvalue weighted by Crippen LogP contribution is 2.33. The largest absolute Gasteiger partial charge is 0.395 e. The second-order valence-electron chi connectivity index (χ2n) is 5.75. The van der Waals surface area contributed by atoms with E-state index in [-0.39, 0.29) is 19.1 Å². The first kappa shape index (κ1) is 19.7. The van der Waals surface area contributed by atoms with Gasteiger partial charge in [-0.25, -0.2) is 4.98 Å². The molecule has 2 N–H and O–H groups in total. The first-order chi connectivity index (χ1) is 13.0. The van der Waals surface area contributed by atoms with Crippen LogP contribution in [-0.4, -0.2) is 29.1 Å². The van der Waals surface area contributed by atoms with Gasteiger partial charge in [0, 0.05) is 33.2 Å². The Morgan fingerprint density at radius 2 is 1.93 bits per heavy atom. The number of aliphatic hydroxyl groups is 1. The van der Waals surface area contributed by atoms with Gasteiger partial charge in [0.15, 0.2) is 0 Å². The Morgan fingerprint density at radius 1 is 1.11 bits per heavy atom. The van der Waals surface area contributed by atoms with Gasteiger partial charge in [-0.3, -0.25) is 4.79 Å². The fraction of sp³-hybridized carbons (Fsp3) is 0.100. The molecule has 3 aromatic rings. The molecular formula is C20H16Cl2N2O2S. The second kappa shape index (κ2) is 8.76. The highest BCUT2D eigenvalue weighted by Gasteiger charge is 2.12. The molecular weight excluding hydrogens is 403 g/mol. The molecule has 0 aliphatic rings. The van der Waals surface area contributed by atoms with E-state index in [0.29, 0.717) is 31.9 Å². The number of carbonyl (C=O) groups is 1. The summed E-state index contributed by atoms with van der Waals surface area (Å²) in [5.74, 6) is -0.261. The van der Waals surface area contributed by atoms with E-state index in [1.807, 2.05) is 24.3 Å². The minimum Gasteiger partial charge on any atom is -0.395 e. The van der Waals surface area contributed by atoms with E-state index in [9.17, 15) is 4.79 Å². The minimum atomic E-state index is -0.261. The van der Waals surface area contributed by atoms with Crippen LogP contribution >= 0.6 is 35.8 Å². The molecule has 0 saturated carbocycles. The molecule has 7 heteroatoms. The van der Waals surface area contributed by atoms with Crippen LogP contribution in [0.15, 0.2) is 59.5 Å². The number of thiol groups is 1. The van der Waals surface area contributed by atoms with Crippen LogP contribution in [0.1, 0.15) is 10.4 Å². The number of hydrogen-bond acceptors (Lipinski definition) is 4. The topological polar surface area (TPSA) is 62.2 Å². The summed E-state index contributed by atoms with van der Waals surface area (Å²) < 4.78 is 0. The monoisotopic (exact) mass is 418 g/mol. The number of halogens is 2. The van der Waals surface area contributed by atoms with Gasteiger partial charge >= 0.3 is 0 Å². The molecule has 0 aliphatic carbocycles. The molecule has 0 fully saturated rings. The van der Waals surface area contributed by atoms with Crippen LogP contribution in [-0.2, 0) is 0 Å². The van der Waals surface area contributed by atoms with Crippen LogP contribution in [0.4, 0.5) is 0 Å². The predicted octanol–water partition coefficient (Wildman–Crippen LogP) is 4.73. The average Bonchev–Trinajstić information content (AvgIpc) is 2.67. The van der Waals surface area contributed by atoms with E-state index in [1.54, 1.807) is 30.3 Å². The van der Waals surface area contributed by atoms with Crippen molar-refractivity contribution in [2.24, 2.45) is 0 Å². The summed E-state index contributed by atoms with van der Waals surface area (Å²) in [6.07, 6.45) is 0. The van der Waals surface area contributed by atoms with E-state index in [2.05, 4.69) is 17.9 Å². The van der Waals surface area contributed by atoms with Crippen LogP contribution in [0.25, 0.3) is 22.5 Å². The normalized spacial score (nSPS) is 10.7. The third kappa shape index (κ3) is 4.62. The fourth-order valence-electron chi connectivity index (χ4n) is 2.59. The maximum atomic E-state index is 12.1. The lowest BCUT2D eigenvalue weighted by atomic mass is 10.1. The number of nitrogens with one attached hydrogen (secondary N) is 1. The molecule has 1 amide bonds. The molecule has 3 rings (SSSR count). The highest BCUT2D eigenvalue weighted by atomic mass is 35.5. The van der Waals surface area contributed by atoms with Crippen molar-refractivity contribution in [3.63, 3.8) is 0 Å². The third-order valence-electron chi connectivity index (χ3n) is 3.88. The third-order valence-corrected chi connectivity index (χ3v) is 4.79. The van der Waals surface area contributed by atoms with Crippen molar-refractivity contribution in [3.8, 4) is 22.5 Å². The van der Waals surface area contributed by atoms with Gasteiger partial charge in [0.2, 0.25) is 0 Å². The molecule has 1 aromatic heterocycles. The standard InChI is InChI=1S/C20H16Cl2N2O2S/c21-14-4-5-15(16(22)11-14)17-6-7-18(27)19(24-17)12-2-1-3-13(10-12)20(26)23-8-9-25/h1-7,10-11,25,27H,8-9H2,(H,23,26). The van der Waals surface area contributed by atoms with E-state index < -0.39 is 0 Å². The van der Waals surface area contributed by atoms with E-state index >= 15 is 0 Å². The van der Waals surface area contributed by atoms with Crippen molar-refractivity contribution in [1.29, 1.82) is 0 Å². The van der Waals surface area contributed by atoms with Gasteiger partial charge in [-0.15, -0.1) is 12.6 Å². The number of hydrogen-bond donors (Lipinski definition) is 3. The summed E-state index contributed by atoms with van der Waals surface area (Å²) in [6.45, 7) is 0.0847. The number of aliphatic hydroxyl groups excluding tert-OH is 1. The average molecular weight is 419 g/mol. The zero-order valence-electron chi connectivity index (χ0n) is 14.1. The molecule has 0 unspecified atom stereocenters. The van der Waals surface area contributed by atoms with Gasteiger partial charge < -0.3 is 10.4 Å². The number of amides is 1. The van der Waals surface area contributed by atoms with Crippen molar-refractivity contribution in [2.75, 3.05) is 13.2 Å². The van der Waals surface area contributed by atoms with Gasteiger partial charge in [-0.05, 0) is 42.5 Å². The zero-order valence-corrected chi connectivity index (χ0v) is 16.5. The van der Waals surface area contributed by atoms with Crippen LogP contribution in [0, 0.1) is 0 Å². The Bertz CT molecular complexity index is 995.